The summed E-state index contributed by atoms with van der Waals surface area (Å²) < 4.78 is 5.11. The molecule has 0 saturated heterocycles. The lowest BCUT2D eigenvalue weighted by Gasteiger charge is -2.21. The summed E-state index contributed by atoms with van der Waals surface area (Å²) in [7, 11) is 1.62. The summed E-state index contributed by atoms with van der Waals surface area (Å²) in [5, 5.41) is 3.80. The highest BCUT2D eigenvalue weighted by molar-refractivity contribution is 14.0. The fourth-order valence-corrected chi connectivity index (χ4v) is 1.84. The number of methoxy groups -OCH3 is 1. The number of nitrogens with zero attached hydrogens (tertiary/aromatic N) is 1. The largest absolute Gasteiger partial charge is 0.497 e. The molecule has 114 valence electrons. The van der Waals surface area contributed by atoms with Gasteiger partial charge in [-0.15, -0.1) is 24.0 Å². The minimum Gasteiger partial charge on any atom is -0.497 e. The Morgan fingerprint density at radius 2 is 2.05 bits per heavy atom. The van der Waals surface area contributed by atoms with E-state index in [0.29, 0.717) is 17.5 Å². The van der Waals surface area contributed by atoms with Crippen LogP contribution in [0.5, 0.6) is 5.75 Å². The van der Waals surface area contributed by atoms with Crippen molar-refractivity contribution in [1.29, 1.82) is 0 Å². The Morgan fingerprint density at radius 3 is 2.55 bits per heavy atom. The van der Waals surface area contributed by atoms with Gasteiger partial charge in [0.15, 0.2) is 5.96 Å². The Morgan fingerprint density at radius 1 is 1.40 bits per heavy atom. The quantitative estimate of drug-likeness (QED) is 0.454. The van der Waals surface area contributed by atoms with Crippen LogP contribution in [-0.4, -0.2) is 25.2 Å². The van der Waals surface area contributed by atoms with Gasteiger partial charge in [-0.05, 0) is 44.9 Å². The molecule has 1 aromatic rings. The summed E-state index contributed by atoms with van der Waals surface area (Å²) >= 11 is 6.15. The summed E-state index contributed by atoms with van der Waals surface area (Å²) in [6.07, 6.45) is 0.745. The first-order chi connectivity index (χ1) is 8.81. The molecule has 0 aliphatic heterocycles. The molecule has 0 saturated carbocycles. The highest BCUT2D eigenvalue weighted by Gasteiger charge is 2.09. The first-order valence-electron chi connectivity index (χ1n) is 6.22. The average Bonchev–Trinajstić information content (AvgIpc) is 2.28. The van der Waals surface area contributed by atoms with Gasteiger partial charge in [0, 0.05) is 17.1 Å². The molecule has 6 heteroatoms. The van der Waals surface area contributed by atoms with Crippen LogP contribution in [0.1, 0.15) is 26.3 Å². The van der Waals surface area contributed by atoms with E-state index >= 15 is 0 Å². The van der Waals surface area contributed by atoms with Crippen molar-refractivity contribution in [1.82, 2.24) is 5.32 Å². The number of nitrogens with one attached hydrogen (secondary N) is 1. The normalized spacial score (nSPS) is 11.8. The summed E-state index contributed by atoms with van der Waals surface area (Å²) in [5.74, 6) is 1.21. The van der Waals surface area contributed by atoms with Gasteiger partial charge in [0.1, 0.15) is 5.75 Å². The van der Waals surface area contributed by atoms with Crippen LogP contribution in [0.15, 0.2) is 23.2 Å². The Labute approximate surface area is 143 Å². The van der Waals surface area contributed by atoms with Gasteiger partial charge < -0.3 is 15.8 Å². The summed E-state index contributed by atoms with van der Waals surface area (Å²) in [6, 6.07) is 5.64. The molecule has 4 nitrogen and oxygen atoms in total. The van der Waals surface area contributed by atoms with Crippen molar-refractivity contribution < 1.29 is 4.74 Å². The molecule has 0 bridgehead atoms. The van der Waals surface area contributed by atoms with Gasteiger partial charge in [-0.1, -0.05) is 17.7 Å². The molecule has 0 heterocycles. The Kier molecular flexibility index (Phi) is 8.27. The number of halogens is 2. The molecule has 0 atom stereocenters. The molecule has 0 radical (unpaired) electrons. The van der Waals surface area contributed by atoms with Crippen molar-refractivity contribution in [3.05, 3.63) is 28.8 Å². The third-order valence-corrected chi connectivity index (χ3v) is 2.78. The van der Waals surface area contributed by atoms with Crippen molar-refractivity contribution in [2.75, 3.05) is 13.7 Å². The minimum absolute atomic E-state index is 0. The third-order valence-electron chi connectivity index (χ3n) is 2.43. The zero-order valence-electron chi connectivity index (χ0n) is 12.4. The second-order valence-corrected chi connectivity index (χ2v) is 5.76. The zero-order valence-corrected chi connectivity index (χ0v) is 15.5. The van der Waals surface area contributed by atoms with Crippen molar-refractivity contribution in [3.8, 4) is 5.75 Å². The number of ether oxygens (including phenoxy) is 1. The Bertz CT molecular complexity index is 458. The molecule has 0 fully saturated rings. The van der Waals surface area contributed by atoms with E-state index < -0.39 is 0 Å². The lowest BCUT2D eigenvalue weighted by atomic mass is 10.1. The number of hydrogen-bond donors (Lipinski definition) is 2. The topological polar surface area (TPSA) is 59.6 Å². The highest BCUT2D eigenvalue weighted by atomic mass is 127. The lowest BCUT2D eigenvalue weighted by molar-refractivity contribution is 0.414. The minimum atomic E-state index is -0.0780. The number of nitrogens with two attached hydrogens (primary N) is 1. The maximum Gasteiger partial charge on any atom is 0.188 e. The molecule has 20 heavy (non-hydrogen) atoms. The van der Waals surface area contributed by atoms with Gasteiger partial charge in [-0.25, -0.2) is 0 Å². The first kappa shape index (κ1) is 19.3. The molecule has 1 aromatic carbocycles. The van der Waals surface area contributed by atoms with Gasteiger partial charge in [-0.3, -0.25) is 4.99 Å². The van der Waals surface area contributed by atoms with Crippen LogP contribution in [0.4, 0.5) is 0 Å². The monoisotopic (exact) mass is 411 g/mol. The van der Waals surface area contributed by atoms with Crippen LogP contribution in [-0.2, 0) is 6.42 Å². The molecule has 0 aromatic heterocycles. The summed E-state index contributed by atoms with van der Waals surface area (Å²) in [4.78, 5) is 4.28. The van der Waals surface area contributed by atoms with Crippen LogP contribution >= 0.6 is 35.6 Å². The van der Waals surface area contributed by atoms with Gasteiger partial charge in [0.2, 0.25) is 0 Å². The molecule has 0 aliphatic rings. The second-order valence-electron chi connectivity index (χ2n) is 5.35. The predicted molar refractivity (Wildman–Crippen MR) is 96.5 cm³/mol. The van der Waals surface area contributed by atoms with Crippen molar-refractivity contribution >= 4 is 41.5 Å². The Balaban J connectivity index is 0.00000361. The van der Waals surface area contributed by atoms with Crippen LogP contribution in [0.3, 0.4) is 0 Å². The predicted octanol–water partition coefficient (Wildman–Crippen LogP) is 3.21. The molecular weight excluding hydrogens is 389 g/mol. The smallest absolute Gasteiger partial charge is 0.188 e. The van der Waals surface area contributed by atoms with Gasteiger partial charge >= 0.3 is 0 Å². The first-order valence-corrected chi connectivity index (χ1v) is 6.60. The van der Waals surface area contributed by atoms with Crippen LogP contribution < -0.4 is 15.8 Å². The van der Waals surface area contributed by atoms with E-state index in [-0.39, 0.29) is 29.5 Å². The summed E-state index contributed by atoms with van der Waals surface area (Å²) in [5.41, 5.74) is 6.75. The molecule has 0 unspecified atom stereocenters. The van der Waals surface area contributed by atoms with E-state index in [2.05, 4.69) is 10.3 Å². The molecule has 0 aliphatic carbocycles. The maximum absolute atomic E-state index is 6.15. The van der Waals surface area contributed by atoms with Crippen LogP contribution in [0, 0.1) is 0 Å². The fraction of sp³-hybridized carbons (Fsp3) is 0.500. The van der Waals surface area contributed by atoms with Gasteiger partial charge in [0.05, 0.1) is 7.11 Å². The molecule has 0 spiro atoms. The SMILES string of the molecule is COc1ccc(CCN=C(N)NC(C)(C)C)c(Cl)c1.I. The maximum atomic E-state index is 6.15. The highest BCUT2D eigenvalue weighted by Crippen LogP contribution is 2.22. The van der Waals surface area contributed by atoms with Crippen molar-refractivity contribution in [2.45, 2.75) is 32.7 Å². The second kappa shape index (κ2) is 8.56. The molecule has 1 rings (SSSR count). The van der Waals surface area contributed by atoms with E-state index in [1.165, 1.54) is 0 Å². The van der Waals surface area contributed by atoms with E-state index in [4.69, 9.17) is 22.1 Å². The van der Waals surface area contributed by atoms with E-state index in [1.54, 1.807) is 13.2 Å². The number of rotatable bonds is 4. The molecule has 0 amide bonds. The van der Waals surface area contributed by atoms with Gasteiger partial charge in [-0.2, -0.15) is 0 Å². The Hall–Kier alpha value is -0.690. The van der Waals surface area contributed by atoms with E-state index in [9.17, 15) is 0 Å². The van der Waals surface area contributed by atoms with Gasteiger partial charge in [0.25, 0.3) is 0 Å². The zero-order chi connectivity index (χ0) is 14.5. The standard InChI is InChI=1S/C14H22ClN3O.HI/c1-14(2,3)18-13(16)17-8-7-10-5-6-11(19-4)9-12(10)15;/h5-6,9H,7-8H2,1-4H3,(H3,16,17,18);1H. The number of guanidine groups is 1. The van der Waals surface area contributed by atoms with Crippen LogP contribution in [0.25, 0.3) is 0 Å². The van der Waals surface area contributed by atoms with E-state index in [1.807, 2.05) is 32.9 Å². The van der Waals surface area contributed by atoms with Crippen LogP contribution in [0.2, 0.25) is 5.02 Å². The summed E-state index contributed by atoms with van der Waals surface area (Å²) in [6.45, 7) is 6.71. The molecule has 3 N–H and O–H groups in total. The molecular formula is C14H23ClIN3O. The van der Waals surface area contributed by atoms with Crippen molar-refractivity contribution in [3.63, 3.8) is 0 Å². The third kappa shape index (κ3) is 7.19. The lowest BCUT2D eigenvalue weighted by Crippen LogP contribution is -2.45. The average molecular weight is 412 g/mol. The number of hydrogen-bond acceptors (Lipinski definition) is 2. The number of aliphatic imine (C=N–C) groups is 1. The fourth-order valence-electron chi connectivity index (χ4n) is 1.58. The van der Waals surface area contributed by atoms with E-state index in [0.717, 1.165) is 17.7 Å². The van der Waals surface area contributed by atoms with Crippen molar-refractivity contribution in [2.24, 2.45) is 10.7 Å². The number of benzene rings is 1.